The molecule has 2 N–H and O–H groups in total. The third-order valence-corrected chi connectivity index (χ3v) is 3.91. The van der Waals surface area contributed by atoms with E-state index in [4.69, 9.17) is 4.74 Å². The molecule has 2 aliphatic rings. The predicted molar refractivity (Wildman–Crippen MR) is 72.5 cm³/mol. The van der Waals surface area contributed by atoms with Crippen molar-refractivity contribution in [2.45, 2.75) is 25.0 Å². The number of hydrogen-bond acceptors (Lipinski definition) is 3. The van der Waals surface area contributed by atoms with Crippen molar-refractivity contribution < 1.29 is 9.53 Å². The van der Waals surface area contributed by atoms with Gasteiger partial charge in [-0.1, -0.05) is 22.0 Å². The predicted octanol–water partition coefficient (Wildman–Crippen LogP) is 2.21. The highest BCUT2D eigenvalue weighted by Gasteiger charge is 2.31. The molecule has 0 spiro atoms. The van der Waals surface area contributed by atoms with Gasteiger partial charge in [-0.05, 0) is 25.0 Å². The fourth-order valence-electron chi connectivity index (χ4n) is 2.49. The van der Waals surface area contributed by atoms with E-state index in [2.05, 4.69) is 26.6 Å². The van der Waals surface area contributed by atoms with Crippen LogP contribution in [0.1, 0.15) is 24.4 Å². The summed E-state index contributed by atoms with van der Waals surface area (Å²) in [7, 11) is 0. The van der Waals surface area contributed by atoms with Crippen molar-refractivity contribution in [2.24, 2.45) is 0 Å². The molecule has 0 bridgehead atoms. The maximum absolute atomic E-state index is 11.9. The molecule has 3 rings (SSSR count). The third kappa shape index (κ3) is 2.30. The summed E-state index contributed by atoms with van der Waals surface area (Å²) < 4.78 is 6.53. The van der Waals surface area contributed by atoms with Gasteiger partial charge in [0.2, 0.25) is 5.91 Å². The second kappa shape index (κ2) is 4.99. The lowest BCUT2D eigenvalue weighted by Gasteiger charge is -2.15. The Labute approximate surface area is 114 Å². The Balaban J connectivity index is 1.71. The van der Waals surface area contributed by atoms with Gasteiger partial charge in [0.1, 0.15) is 6.04 Å². The Morgan fingerprint density at radius 3 is 3.17 bits per heavy atom. The molecule has 0 aliphatic carbocycles. The van der Waals surface area contributed by atoms with Gasteiger partial charge in [0.25, 0.3) is 0 Å². The number of benzene rings is 1. The molecule has 2 aliphatic heterocycles. The van der Waals surface area contributed by atoms with Crippen molar-refractivity contribution in [3.63, 3.8) is 0 Å². The van der Waals surface area contributed by atoms with E-state index in [1.54, 1.807) is 0 Å². The third-order valence-electron chi connectivity index (χ3n) is 3.42. The van der Waals surface area contributed by atoms with Crippen molar-refractivity contribution in [1.82, 2.24) is 5.32 Å². The molecule has 2 atom stereocenters. The molecule has 0 radical (unpaired) electrons. The van der Waals surface area contributed by atoms with E-state index >= 15 is 0 Å². The molecule has 0 aromatic heterocycles. The zero-order valence-corrected chi connectivity index (χ0v) is 11.5. The Hall–Kier alpha value is -0.910. The Morgan fingerprint density at radius 1 is 1.50 bits per heavy atom. The summed E-state index contributed by atoms with van der Waals surface area (Å²) in [6, 6.07) is 5.61. The van der Waals surface area contributed by atoms with E-state index in [-0.39, 0.29) is 18.1 Å². The minimum absolute atomic E-state index is 0.0149. The van der Waals surface area contributed by atoms with E-state index in [1.165, 1.54) is 0 Å². The van der Waals surface area contributed by atoms with Crippen LogP contribution in [0.15, 0.2) is 22.7 Å². The average molecular weight is 311 g/mol. The summed E-state index contributed by atoms with van der Waals surface area (Å²) in [6.45, 7) is 1.57. The first-order valence-corrected chi connectivity index (χ1v) is 6.98. The lowest BCUT2D eigenvalue weighted by molar-refractivity contribution is -0.117. The van der Waals surface area contributed by atoms with Gasteiger partial charge in [0.15, 0.2) is 0 Å². The number of nitrogens with one attached hydrogen (secondary N) is 2. The first-order chi connectivity index (χ1) is 8.74. The molecule has 1 amide bonds. The molecule has 1 aromatic carbocycles. The van der Waals surface area contributed by atoms with E-state index in [9.17, 15) is 4.79 Å². The Morgan fingerprint density at radius 2 is 2.39 bits per heavy atom. The van der Waals surface area contributed by atoms with Gasteiger partial charge in [0.05, 0.1) is 6.10 Å². The van der Waals surface area contributed by atoms with E-state index in [1.807, 2.05) is 18.2 Å². The van der Waals surface area contributed by atoms with Gasteiger partial charge in [-0.3, -0.25) is 10.1 Å². The number of carbonyl (C=O) groups excluding carboxylic acids is 1. The second-order valence-electron chi connectivity index (χ2n) is 4.70. The zero-order chi connectivity index (χ0) is 12.5. The highest BCUT2D eigenvalue weighted by Crippen LogP contribution is 2.33. The van der Waals surface area contributed by atoms with Crippen LogP contribution >= 0.6 is 15.9 Å². The first-order valence-electron chi connectivity index (χ1n) is 6.19. The lowest BCUT2D eigenvalue weighted by atomic mass is 10.1. The maximum Gasteiger partial charge on any atom is 0.246 e. The molecular formula is C13H15BrN2O2. The fourth-order valence-corrected chi connectivity index (χ4v) is 2.85. The van der Waals surface area contributed by atoms with Crippen LogP contribution in [0.3, 0.4) is 0 Å². The molecule has 2 unspecified atom stereocenters. The summed E-state index contributed by atoms with van der Waals surface area (Å²) in [6.07, 6.45) is 2.44. The second-order valence-corrected chi connectivity index (χ2v) is 5.61. The number of ether oxygens (including phenoxy) is 1. The van der Waals surface area contributed by atoms with Crippen LogP contribution in [0.2, 0.25) is 0 Å². The van der Waals surface area contributed by atoms with Crippen LogP contribution in [-0.4, -0.2) is 25.2 Å². The monoisotopic (exact) mass is 310 g/mol. The normalized spacial score (nSPS) is 26.2. The smallest absolute Gasteiger partial charge is 0.246 e. The molecular weight excluding hydrogens is 296 g/mol. The average Bonchev–Trinajstić information content (AvgIpc) is 2.93. The number of carbonyl (C=O) groups is 1. The molecule has 4 nitrogen and oxygen atoms in total. The van der Waals surface area contributed by atoms with E-state index < -0.39 is 0 Å². The number of amides is 1. The van der Waals surface area contributed by atoms with Crippen LogP contribution in [0.4, 0.5) is 5.69 Å². The number of hydrogen-bond donors (Lipinski definition) is 2. The first kappa shape index (κ1) is 12.1. The molecule has 18 heavy (non-hydrogen) atoms. The zero-order valence-electron chi connectivity index (χ0n) is 9.91. The summed E-state index contributed by atoms with van der Waals surface area (Å²) in [5.41, 5.74) is 1.90. The maximum atomic E-state index is 11.9. The number of fused-ring (bicyclic) bond motifs is 1. The summed E-state index contributed by atoms with van der Waals surface area (Å²) in [4.78, 5) is 11.9. The van der Waals surface area contributed by atoms with Gasteiger partial charge in [-0.2, -0.15) is 0 Å². The topological polar surface area (TPSA) is 50.4 Å². The summed E-state index contributed by atoms with van der Waals surface area (Å²) >= 11 is 3.41. The lowest BCUT2D eigenvalue weighted by Crippen LogP contribution is -2.33. The molecule has 1 fully saturated rings. The van der Waals surface area contributed by atoms with Crippen molar-refractivity contribution in [3.8, 4) is 0 Å². The minimum atomic E-state index is -0.253. The van der Waals surface area contributed by atoms with Crippen molar-refractivity contribution in [2.75, 3.05) is 18.5 Å². The molecule has 1 saturated heterocycles. The largest absolute Gasteiger partial charge is 0.377 e. The quantitative estimate of drug-likeness (QED) is 0.900. The van der Waals surface area contributed by atoms with Gasteiger partial charge < -0.3 is 10.1 Å². The van der Waals surface area contributed by atoms with Crippen molar-refractivity contribution in [1.29, 1.82) is 0 Å². The highest BCUT2D eigenvalue weighted by molar-refractivity contribution is 9.10. The molecule has 5 heteroatoms. The molecule has 96 valence electrons. The standard InChI is InChI=1S/C13H15BrN2O2/c14-8-3-4-10-11(6-8)16-13(17)12(10)15-7-9-2-1-5-18-9/h3-4,6,9,12,15H,1-2,5,7H2,(H,16,17). The summed E-state index contributed by atoms with van der Waals surface area (Å²) in [5, 5.41) is 6.19. The van der Waals surface area contributed by atoms with Gasteiger partial charge >= 0.3 is 0 Å². The molecule has 2 heterocycles. The Bertz CT molecular complexity index is 472. The van der Waals surface area contributed by atoms with Crippen molar-refractivity contribution in [3.05, 3.63) is 28.2 Å². The van der Waals surface area contributed by atoms with Crippen LogP contribution < -0.4 is 10.6 Å². The van der Waals surface area contributed by atoms with Crippen LogP contribution in [0.25, 0.3) is 0 Å². The number of halogens is 1. The number of anilines is 1. The van der Waals surface area contributed by atoms with Crippen LogP contribution in [0.5, 0.6) is 0 Å². The van der Waals surface area contributed by atoms with Crippen LogP contribution in [-0.2, 0) is 9.53 Å². The van der Waals surface area contributed by atoms with Crippen LogP contribution in [0, 0.1) is 0 Å². The highest BCUT2D eigenvalue weighted by atomic mass is 79.9. The van der Waals surface area contributed by atoms with Gasteiger partial charge in [-0.25, -0.2) is 0 Å². The molecule has 1 aromatic rings. The summed E-state index contributed by atoms with van der Waals surface area (Å²) in [5.74, 6) is 0.0149. The van der Waals surface area contributed by atoms with Crippen molar-refractivity contribution >= 4 is 27.5 Å². The van der Waals surface area contributed by atoms with Gasteiger partial charge in [0, 0.05) is 28.9 Å². The minimum Gasteiger partial charge on any atom is -0.377 e. The Kier molecular flexibility index (Phi) is 3.37. The van der Waals surface area contributed by atoms with E-state index in [0.29, 0.717) is 0 Å². The SMILES string of the molecule is O=C1Nc2cc(Br)ccc2C1NCC1CCCO1. The van der Waals surface area contributed by atoms with Gasteiger partial charge in [-0.15, -0.1) is 0 Å². The molecule has 0 saturated carbocycles. The fraction of sp³-hybridized carbons (Fsp3) is 0.462. The van der Waals surface area contributed by atoms with E-state index in [0.717, 1.165) is 41.7 Å². The number of rotatable bonds is 3.